The van der Waals surface area contributed by atoms with Gasteiger partial charge in [-0.3, -0.25) is 4.98 Å². The minimum absolute atomic E-state index is 0.0848. The number of esters is 2. The van der Waals surface area contributed by atoms with Gasteiger partial charge in [0, 0.05) is 52.6 Å². The average Bonchev–Trinajstić information content (AvgIpc) is 3.54. The Morgan fingerprint density at radius 1 is 0.889 bits per heavy atom. The van der Waals surface area contributed by atoms with Crippen molar-refractivity contribution in [2.75, 3.05) is 34.7 Å². The molecule has 0 aliphatic carbocycles. The van der Waals surface area contributed by atoms with Crippen LogP contribution in [0.5, 0.6) is 28.7 Å². The quantitative estimate of drug-likeness (QED) is 0.139. The molecular formula is C35H33NO9. The van der Waals surface area contributed by atoms with Crippen LogP contribution in [0.25, 0.3) is 17.3 Å². The van der Waals surface area contributed by atoms with Crippen molar-refractivity contribution in [1.82, 2.24) is 4.98 Å². The third-order valence-corrected chi connectivity index (χ3v) is 7.11. The van der Waals surface area contributed by atoms with E-state index in [1.807, 2.05) is 18.2 Å². The average molecular weight is 612 g/mol. The fraction of sp³-hybridized carbons (Fsp3) is 0.229. The number of benzene rings is 3. The molecule has 1 aliphatic rings. The molecule has 10 nitrogen and oxygen atoms in total. The molecule has 3 aromatic carbocycles. The number of carbonyl (C=O) groups excluding carboxylic acids is 2. The molecule has 0 amide bonds. The molecule has 10 heteroatoms. The van der Waals surface area contributed by atoms with E-state index < -0.39 is 11.9 Å². The highest BCUT2D eigenvalue weighted by atomic mass is 16.7. The van der Waals surface area contributed by atoms with Crippen LogP contribution in [-0.2, 0) is 27.3 Å². The molecule has 5 rings (SSSR count). The molecule has 0 radical (unpaired) electrons. The van der Waals surface area contributed by atoms with Gasteiger partial charge < -0.3 is 33.2 Å². The first kappa shape index (κ1) is 30.9. The highest BCUT2D eigenvalue weighted by molar-refractivity contribution is 5.96. The van der Waals surface area contributed by atoms with Crippen molar-refractivity contribution in [1.29, 1.82) is 0 Å². The molecule has 0 saturated carbocycles. The number of hydrogen-bond donors (Lipinski definition) is 0. The van der Waals surface area contributed by atoms with Gasteiger partial charge in [0.1, 0.15) is 23.9 Å². The second-order valence-corrected chi connectivity index (χ2v) is 9.82. The minimum atomic E-state index is -0.474. The van der Waals surface area contributed by atoms with Crippen LogP contribution in [0.3, 0.4) is 0 Å². The Kier molecular flexibility index (Phi) is 9.83. The van der Waals surface area contributed by atoms with E-state index in [0.717, 1.165) is 5.56 Å². The number of fused-ring (bicyclic) bond motifs is 1. The van der Waals surface area contributed by atoms with Crippen molar-refractivity contribution >= 4 is 18.0 Å². The highest BCUT2D eigenvalue weighted by Crippen LogP contribution is 2.40. The van der Waals surface area contributed by atoms with Gasteiger partial charge >= 0.3 is 11.9 Å². The zero-order chi connectivity index (χ0) is 31.8. The van der Waals surface area contributed by atoms with Crippen molar-refractivity contribution in [3.8, 4) is 40.0 Å². The Bertz CT molecular complexity index is 1730. The highest BCUT2D eigenvalue weighted by Gasteiger charge is 2.22. The molecule has 0 saturated heterocycles. The van der Waals surface area contributed by atoms with Gasteiger partial charge in [0.25, 0.3) is 0 Å². The van der Waals surface area contributed by atoms with Gasteiger partial charge in [-0.25, -0.2) is 9.59 Å². The number of aromatic nitrogens is 1. The largest absolute Gasteiger partial charge is 0.497 e. The maximum atomic E-state index is 13.3. The topological polar surface area (TPSA) is 112 Å². The van der Waals surface area contributed by atoms with Gasteiger partial charge in [-0.05, 0) is 43.3 Å². The predicted molar refractivity (Wildman–Crippen MR) is 166 cm³/mol. The summed E-state index contributed by atoms with van der Waals surface area (Å²) < 4.78 is 38.8. The Hall–Kier alpha value is -5.51. The molecule has 2 heterocycles. The van der Waals surface area contributed by atoms with Crippen LogP contribution >= 0.6 is 0 Å². The van der Waals surface area contributed by atoms with E-state index >= 15 is 0 Å². The van der Waals surface area contributed by atoms with Crippen LogP contribution in [0.4, 0.5) is 0 Å². The Morgan fingerprint density at radius 2 is 1.69 bits per heavy atom. The van der Waals surface area contributed by atoms with Crippen LogP contribution in [0.15, 0.2) is 78.5 Å². The van der Waals surface area contributed by atoms with E-state index in [9.17, 15) is 9.59 Å². The summed E-state index contributed by atoms with van der Waals surface area (Å²) >= 11 is 0. The summed E-state index contributed by atoms with van der Waals surface area (Å²) in [6.45, 7) is 2.16. The summed E-state index contributed by atoms with van der Waals surface area (Å²) in [7, 11) is 4.46. The summed E-state index contributed by atoms with van der Waals surface area (Å²) in [6, 6.07) is 19.7. The maximum absolute atomic E-state index is 13.3. The molecule has 0 N–H and O–H groups in total. The smallest absolute Gasteiger partial charge is 0.338 e. The normalized spacial score (nSPS) is 12.0. The molecule has 1 aromatic heterocycles. The van der Waals surface area contributed by atoms with Gasteiger partial charge in [-0.1, -0.05) is 24.3 Å². The monoisotopic (exact) mass is 611 g/mol. The van der Waals surface area contributed by atoms with Gasteiger partial charge in [0.15, 0.2) is 11.5 Å². The Balaban J connectivity index is 1.54. The zero-order valence-corrected chi connectivity index (χ0v) is 25.5. The van der Waals surface area contributed by atoms with Gasteiger partial charge in [0.2, 0.25) is 6.79 Å². The second-order valence-electron chi connectivity index (χ2n) is 9.82. The summed E-state index contributed by atoms with van der Waals surface area (Å²) in [6.07, 6.45) is 3.62. The lowest BCUT2D eigenvalue weighted by Gasteiger charge is -2.16. The molecule has 4 aromatic rings. The third kappa shape index (κ3) is 7.01. The Morgan fingerprint density at radius 3 is 2.44 bits per heavy atom. The van der Waals surface area contributed by atoms with E-state index in [4.69, 9.17) is 33.2 Å². The lowest BCUT2D eigenvalue weighted by molar-refractivity contribution is -0.138. The summed E-state index contributed by atoms with van der Waals surface area (Å²) in [4.78, 5) is 30.3. The molecule has 0 unspecified atom stereocenters. The van der Waals surface area contributed by atoms with Crippen LogP contribution in [0.2, 0.25) is 0 Å². The van der Waals surface area contributed by atoms with Crippen molar-refractivity contribution in [3.63, 3.8) is 0 Å². The maximum Gasteiger partial charge on any atom is 0.338 e. The number of carbonyl (C=O) groups is 2. The number of methoxy groups -OCH3 is 3. The number of hydrogen-bond acceptors (Lipinski definition) is 10. The lowest BCUT2D eigenvalue weighted by Crippen LogP contribution is -2.11. The van der Waals surface area contributed by atoms with E-state index in [2.05, 4.69) is 4.98 Å². The van der Waals surface area contributed by atoms with E-state index in [1.165, 1.54) is 7.11 Å². The fourth-order valence-electron chi connectivity index (χ4n) is 4.91. The van der Waals surface area contributed by atoms with E-state index in [1.54, 1.807) is 81.9 Å². The molecule has 232 valence electrons. The SMILES string of the molecule is CCOC(=O)/C(=C/c1cccnc1-c1ccc(OC)cc1OCc1ccccc1C(=O)OC)Cc1cc2c(cc1OC)OCO2. The van der Waals surface area contributed by atoms with Crippen molar-refractivity contribution in [2.45, 2.75) is 20.0 Å². The molecule has 0 bridgehead atoms. The predicted octanol–water partition coefficient (Wildman–Crippen LogP) is 6.05. The first-order chi connectivity index (χ1) is 21.9. The van der Waals surface area contributed by atoms with Gasteiger partial charge in [0.05, 0.1) is 39.2 Å². The van der Waals surface area contributed by atoms with E-state index in [-0.39, 0.29) is 26.4 Å². The van der Waals surface area contributed by atoms with Crippen LogP contribution in [-0.4, -0.2) is 51.7 Å². The molecule has 45 heavy (non-hydrogen) atoms. The fourth-order valence-corrected chi connectivity index (χ4v) is 4.91. The number of nitrogens with zero attached hydrogens (tertiary/aromatic N) is 1. The lowest BCUT2D eigenvalue weighted by atomic mass is 9.98. The number of ether oxygens (including phenoxy) is 7. The van der Waals surface area contributed by atoms with Gasteiger partial charge in [-0.15, -0.1) is 0 Å². The molecule has 0 spiro atoms. The summed E-state index contributed by atoms with van der Waals surface area (Å²) in [5, 5.41) is 0. The van der Waals surface area contributed by atoms with Gasteiger partial charge in [-0.2, -0.15) is 0 Å². The van der Waals surface area contributed by atoms with Crippen molar-refractivity contribution < 1.29 is 42.7 Å². The zero-order valence-electron chi connectivity index (χ0n) is 25.5. The van der Waals surface area contributed by atoms with Crippen LogP contribution in [0, 0.1) is 0 Å². The summed E-state index contributed by atoms with van der Waals surface area (Å²) in [5.74, 6) is 1.82. The minimum Gasteiger partial charge on any atom is -0.497 e. The standard InChI is InChI=1S/C35H33NO9/c1-5-42-34(37)25(16-24-17-31-32(45-21-44-31)19-29(24)40-3)15-22-10-8-14-36-33(22)28-13-12-26(39-2)18-30(28)43-20-23-9-6-7-11-27(23)35(38)41-4/h6-15,17-19H,5,16,20-21H2,1-4H3/b25-15+. The molecule has 1 aliphatic heterocycles. The van der Waals surface area contributed by atoms with E-state index in [0.29, 0.717) is 62.3 Å². The van der Waals surface area contributed by atoms with Crippen LogP contribution in [0.1, 0.15) is 34.0 Å². The van der Waals surface area contributed by atoms with Crippen molar-refractivity contribution in [3.05, 3.63) is 101 Å². The summed E-state index contributed by atoms with van der Waals surface area (Å²) in [5.41, 5.74) is 4.05. The number of pyridine rings is 1. The Labute approximate surface area is 261 Å². The number of rotatable bonds is 12. The molecule has 0 atom stereocenters. The second kappa shape index (κ2) is 14.3. The van der Waals surface area contributed by atoms with Crippen molar-refractivity contribution in [2.24, 2.45) is 0 Å². The van der Waals surface area contributed by atoms with Crippen LogP contribution < -0.4 is 23.7 Å². The molecular weight excluding hydrogens is 578 g/mol. The molecule has 0 fully saturated rings. The third-order valence-electron chi connectivity index (χ3n) is 7.11. The first-order valence-corrected chi connectivity index (χ1v) is 14.2. The first-order valence-electron chi connectivity index (χ1n) is 14.2.